The summed E-state index contributed by atoms with van der Waals surface area (Å²) in [5.74, 6) is -0.635. The molecule has 0 aromatic rings. The Morgan fingerprint density at radius 2 is 1.93 bits per heavy atom. The minimum absolute atomic E-state index is 0.102. The van der Waals surface area contributed by atoms with Crippen LogP contribution in [0, 0.1) is 0 Å². The summed E-state index contributed by atoms with van der Waals surface area (Å²) in [5, 5.41) is 9.84. The van der Waals surface area contributed by atoms with Gasteiger partial charge in [-0.15, -0.1) is 0 Å². The van der Waals surface area contributed by atoms with Crippen LogP contribution in [-0.4, -0.2) is 48.2 Å². The van der Waals surface area contributed by atoms with E-state index in [2.05, 4.69) is 0 Å². The van der Waals surface area contributed by atoms with Crippen molar-refractivity contribution < 1.29 is 24.1 Å². The summed E-state index contributed by atoms with van der Waals surface area (Å²) in [6.07, 6.45) is -1.93. The van der Waals surface area contributed by atoms with Crippen molar-refractivity contribution in [3.8, 4) is 0 Å². The molecule has 0 aromatic carbocycles. The minimum Gasteiger partial charge on any atom is -0.385 e. The summed E-state index contributed by atoms with van der Waals surface area (Å²) < 4.78 is 22.0. The van der Waals surface area contributed by atoms with Crippen molar-refractivity contribution >= 4 is 0 Å². The van der Waals surface area contributed by atoms with E-state index in [0.29, 0.717) is 6.61 Å². The number of hydrogen-bond acceptors (Lipinski definition) is 5. The van der Waals surface area contributed by atoms with Crippen molar-refractivity contribution in [3.05, 3.63) is 0 Å². The van der Waals surface area contributed by atoms with Crippen molar-refractivity contribution in [2.75, 3.05) is 6.61 Å². The van der Waals surface area contributed by atoms with E-state index in [1.165, 1.54) is 0 Å². The Balaban J connectivity index is 1.88. The van der Waals surface area contributed by atoms with Crippen LogP contribution < -0.4 is 0 Å². The molecule has 3 saturated heterocycles. The average Bonchev–Trinajstić information content (AvgIpc) is 2.64. The fourth-order valence-electron chi connectivity index (χ4n) is 2.32. The van der Waals surface area contributed by atoms with Crippen LogP contribution in [0.15, 0.2) is 0 Å². The average molecular weight is 202 g/mol. The lowest BCUT2D eigenvalue weighted by Crippen LogP contribution is -2.52. The summed E-state index contributed by atoms with van der Waals surface area (Å²) in [7, 11) is 0. The highest BCUT2D eigenvalue weighted by molar-refractivity contribution is 4.99. The third-order valence-electron chi connectivity index (χ3n) is 2.88. The predicted molar refractivity (Wildman–Crippen MR) is 44.4 cm³/mol. The normalized spacial score (nSPS) is 54.6. The molecule has 0 amide bonds. The molecule has 3 rings (SSSR count). The van der Waals surface area contributed by atoms with Crippen molar-refractivity contribution in [1.29, 1.82) is 0 Å². The van der Waals surface area contributed by atoms with Gasteiger partial charge in [0.1, 0.15) is 24.4 Å². The fraction of sp³-hybridized carbons (Fsp3) is 1.00. The van der Waals surface area contributed by atoms with Crippen molar-refractivity contribution in [2.45, 2.75) is 50.3 Å². The van der Waals surface area contributed by atoms with Gasteiger partial charge in [0.15, 0.2) is 12.1 Å². The number of aliphatic hydroxyl groups excluding tert-OH is 1. The van der Waals surface area contributed by atoms with Crippen LogP contribution in [0.4, 0.5) is 0 Å². The fourth-order valence-corrected chi connectivity index (χ4v) is 2.32. The van der Waals surface area contributed by atoms with Gasteiger partial charge in [-0.1, -0.05) is 0 Å². The van der Waals surface area contributed by atoms with Crippen molar-refractivity contribution in [3.63, 3.8) is 0 Å². The number of rotatable bonds is 0. The molecule has 3 fully saturated rings. The van der Waals surface area contributed by atoms with E-state index < -0.39 is 18.2 Å². The zero-order chi connectivity index (χ0) is 9.92. The number of ether oxygens (including phenoxy) is 4. The maximum Gasteiger partial charge on any atom is 0.186 e. The largest absolute Gasteiger partial charge is 0.385 e. The molecule has 0 aromatic heterocycles. The van der Waals surface area contributed by atoms with Crippen LogP contribution in [0.25, 0.3) is 0 Å². The number of fused-ring (bicyclic) bond motifs is 4. The second kappa shape index (κ2) is 2.68. The molecule has 0 saturated carbocycles. The number of aliphatic hydroxyl groups is 1. The van der Waals surface area contributed by atoms with E-state index in [0.717, 1.165) is 0 Å². The predicted octanol–water partition coefficient (Wildman–Crippen LogP) is -0.378. The van der Waals surface area contributed by atoms with Gasteiger partial charge in [0.2, 0.25) is 0 Å². The summed E-state index contributed by atoms with van der Waals surface area (Å²) >= 11 is 0. The van der Waals surface area contributed by atoms with Crippen LogP contribution in [0.5, 0.6) is 0 Å². The Kier molecular flexibility index (Phi) is 1.73. The molecule has 3 aliphatic heterocycles. The molecule has 0 spiro atoms. The van der Waals surface area contributed by atoms with E-state index >= 15 is 0 Å². The maximum absolute atomic E-state index is 9.84. The highest BCUT2D eigenvalue weighted by Gasteiger charge is 2.57. The summed E-state index contributed by atoms with van der Waals surface area (Å²) in [6, 6.07) is 0. The van der Waals surface area contributed by atoms with Gasteiger partial charge >= 0.3 is 0 Å². The van der Waals surface area contributed by atoms with E-state index in [-0.39, 0.29) is 18.3 Å². The molecule has 14 heavy (non-hydrogen) atoms. The lowest BCUT2D eigenvalue weighted by atomic mass is 10.0. The lowest BCUT2D eigenvalue weighted by Gasteiger charge is -2.31. The Morgan fingerprint density at radius 1 is 1.21 bits per heavy atom. The second-order valence-electron chi connectivity index (χ2n) is 4.43. The molecule has 3 heterocycles. The minimum atomic E-state index is -0.750. The van der Waals surface area contributed by atoms with Gasteiger partial charge in [-0.25, -0.2) is 0 Å². The lowest BCUT2D eigenvalue weighted by molar-refractivity contribution is -0.204. The van der Waals surface area contributed by atoms with Gasteiger partial charge in [0.05, 0.1) is 6.61 Å². The van der Waals surface area contributed by atoms with Crippen LogP contribution >= 0.6 is 0 Å². The van der Waals surface area contributed by atoms with Gasteiger partial charge in [0, 0.05) is 0 Å². The Morgan fingerprint density at radius 3 is 2.71 bits per heavy atom. The maximum atomic E-state index is 9.84. The third kappa shape index (κ3) is 1.14. The van der Waals surface area contributed by atoms with E-state index in [1.54, 1.807) is 0 Å². The van der Waals surface area contributed by atoms with Gasteiger partial charge < -0.3 is 24.1 Å². The molecule has 5 atom stereocenters. The van der Waals surface area contributed by atoms with Crippen molar-refractivity contribution in [2.24, 2.45) is 0 Å². The Bertz CT molecular complexity index is 246. The van der Waals surface area contributed by atoms with Gasteiger partial charge in [-0.2, -0.15) is 0 Å². The highest BCUT2D eigenvalue weighted by Crippen LogP contribution is 2.40. The first-order chi connectivity index (χ1) is 6.57. The van der Waals surface area contributed by atoms with Gasteiger partial charge in [-0.05, 0) is 13.8 Å². The summed E-state index contributed by atoms with van der Waals surface area (Å²) in [6.45, 7) is 4.15. The van der Waals surface area contributed by atoms with Crippen LogP contribution in [-0.2, 0) is 18.9 Å². The van der Waals surface area contributed by atoms with Gasteiger partial charge in [0.25, 0.3) is 0 Å². The second-order valence-corrected chi connectivity index (χ2v) is 4.43. The highest BCUT2D eigenvalue weighted by atomic mass is 16.8. The summed E-state index contributed by atoms with van der Waals surface area (Å²) in [4.78, 5) is 0. The SMILES string of the molecule is CC1(C)O[C@@H]2[C@H](O)[C@H]3OC[C@H](O3)[C@@H]2O1. The first kappa shape index (κ1) is 9.06. The Labute approximate surface area is 81.9 Å². The summed E-state index contributed by atoms with van der Waals surface area (Å²) in [5.41, 5.74) is 0. The first-order valence-corrected chi connectivity index (χ1v) is 4.88. The van der Waals surface area contributed by atoms with Gasteiger partial charge in [-0.3, -0.25) is 0 Å². The first-order valence-electron chi connectivity index (χ1n) is 4.88. The molecule has 2 bridgehead atoms. The molecule has 0 radical (unpaired) electrons. The molecule has 0 unspecified atom stereocenters. The topological polar surface area (TPSA) is 57.2 Å². The zero-order valence-corrected chi connectivity index (χ0v) is 8.17. The zero-order valence-electron chi connectivity index (χ0n) is 8.17. The monoisotopic (exact) mass is 202 g/mol. The molecule has 80 valence electrons. The van der Waals surface area contributed by atoms with Crippen molar-refractivity contribution in [1.82, 2.24) is 0 Å². The third-order valence-corrected chi connectivity index (χ3v) is 2.88. The van der Waals surface area contributed by atoms with Crippen LogP contribution in [0.1, 0.15) is 13.8 Å². The van der Waals surface area contributed by atoms with E-state index in [4.69, 9.17) is 18.9 Å². The standard InChI is InChI=1S/C9H14O5/c1-9(2)13-6-4-3-11-8(12-4)5(10)7(6)14-9/h4-8,10H,3H2,1-2H3/t4-,5-,6-,7+,8-/m0/s1. The van der Waals surface area contributed by atoms with E-state index in [1.807, 2.05) is 13.8 Å². The molecule has 1 N–H and O–H groups in total. The molecule has 3 aliphatic rings. The molecular weight excluding hydrogens is 188 g/mol. The molecule has 5 heteroatoms. The smallest absolute Gasteiger partial charge is 0.186 e. The van der Waals surface area contributed by atoms with Crippen LogP contribution in [0.2, 0.25) is 0 Å². The quantitative estimate of drug-likeness (QED) is 0.580. The molecular formula is C9H14O5. The van der Waals surface area contributed by atoms with Crippen LogP contribution in [0.3, 0.4) is 0 Å². The molecule has 5 nitrogen and oxygen atoms in total. The van der Waals surface area contributed by atoms with E-state index in [9.17, 15) is 5.11 Å². The number of hydrogen-bond donors (Lipinski definition) is 1. The Hall–Kier alpha value is -0.200. The molecule has 0 aliphatic carbocycles.